The zero-order valence-electron chi connectivity index (χ0n) is 3.39. The molecule has 0 bridgehead atoms. The van der Waals surface area contributed by atoms with Crippen LogP contribution >= 0.6 is 0 Å². The molecule has 0 amide bonds. The van der Waals surface area contributed by atoms with Crippen molar-refractivity contribution in [3.05, 3.63) is 0 Å². The normalized spacial score (nSPS) is 18.0. The summed E-state index contributed by atoms with van der Waals surface area (Å²) in [6, 6.07) is 0. The second-order valence-electron chi connectivity index (χ2n) is 2.12. The van der Waals surface area contributed by atoms with Crippen LogP contribution in [0.5, 0.6) is 0 Å². The molecule has 0 rings (SSSR count). The van der Waals surface area contributed by atoms with Crippen molar-refractivity contribution in [2.75, 3.05) is 0 Å². The number of rotatable bonds is 0. The van der Waals surface area contributed by atoms with E-state index in [0.717, 1.165) is 0 Å². The van der Waals surface area contributed by atoms with E-state index in [9.17, 15) is 0 Å². The molecule has 0 aromatic heterocycles. The predicted molar refractivity (Wildman–Crippen MR) is 13.3 cm³/mol. The second-order valence-corrected chi connectivity index (χ2v) is 11.0. The summed E-state index contributed by atoms with van der Waals surface area (Å²) < 4.78 is 44.6. The van der Waals surface area contributed by atoms with Crippen LogP contribution in [-0.2, 0) is 14.6 Å². The molecule has 0 spiro atoms. The van der Waals surface area contributed by atoms with Gasteiger partial charge in [-0.1, -0.05) is 0 Å². The van der Waals surface area contributed by atoms with E-state index in [0.29, 0.717) is 0 Å². The molecule has 0 aliphatic carbocycles. The SMILES string of the molecule is [OH][Zn]([OH])([OH])([OH])([OH])[OH]. The third-order valence-corrected chi connectivity index (χ3v) is 0. The van der Waals surface area contributed by atoms with Crippen molar-refractivity contribution < 1.29 is 38.2 Å². The topological polar surface area (TPSA) is 121 Å². The van der Waals surface area contributed by atoms with Crippen molar-refractivity contribution >= 4 is 0 Å². The molecule has 44 valence electrons. The zero-order valence-corrected chi connectivity index (χ0v) is 6.36. The van der Waals surface area contributed by atoms with Gasteiger partial charge in [-0.2, -0.15) is 0 Å². The van der Waals surface area contributed by atoms with Crippen LogP contribution in [0.2, 0.25) is 0 Å². The molecule has 0 saturated carbocycles. The first-order chi connectivity index (χ1) is 2.45. The Morgan fingerprint density at radius 2 is 0.571 bits per heavy atom. The Kier molecular flexibility index (Phi) is 0.825. The van der Waals surface area contributed by atoms with Gasteiger partial charge in [0, 0.05) is 0 Å². The molecule has 0 aromatic carbocycles. The molecule has 0 aromatic rings. The van der Waals surface area contributed by atoms with Crippen LogP contribution in [-0.4, -0.2) is 23.6 Å². The average molecular weight is 167 g/mol. The number of hydrogen-bond acceptors (Lipinski definition) is 6. The van der Waals surface area contributed by atoms with E-state index in [2.05, 4.69) is 0 Å². The molecular formula is H6O6Zn. The standard InChI is InChI=1S/6H2O.Zn/h6*1H2;/q;;;;;;+6/p-6. The van der Waals surface area contributed by atoms with Gasteiger partial charge < -0.3 is 0 Å². The molecular weight excluding hydrogens is 161 g/mol. The molecule has 0 aliphatic rings. The molecule has 0 radical (unpaired) electrons. The molecule has 0 heterocycles. The Labute approximate surface area is 39.0 Å². The van der Waals surface area contributed by atoms with Crippen LogP contribution < -0.4 is 0 Å². The first-order valence-electron chi connectivity index (χ1n) is 1.90. The summed E-state index contributed by atoms with van der Waals surface area (Å²) in [7, 11) is 0. The summed E-state index contributed by atoms with van der Waals surface area (Å²) >= 11 is -8.38. The first-order valence-corrected chi connectivity index (χ1v) is 9.86. The van der Waals surface area contributed by atoms with E-state index < -0.39 is 14.6 Å². The number of hydrogen-bond donors (Lipinski definition) is 6. The molecule has 0 aliphatic heterocycles. The van der Waals surface area contributed by atoms with Gasteiger partial charge in [-0.05, 0) is 0 Å². The third-order valence-electron chi connectivity index (χ3n) is 0. The molecule has 7 heteroatoms. The minimum absolute atomic E-state index is 7.44. The van der Waals surface area contributed by atoms with Gasteiger partial charge in [-0.25, -0.2) is 0 Å². The van der Waals surface area contributed by atoms with Crippen molar-refractivity contribution in [2.24, 2.45) is 0 Å². The molecule has 0 fully saturated rings. The average Bonchev–Trinajstić information content (AvgIpc) is 0.592. The van der Waals surface area contributed by atoms with E-state index in [-0.39, 0.29) is 0 Å². The first kappa shape index (κ1) is 7.38. The van der Waals surface area contributed by atoms with Crippen molar-refractivity contribution in [3.63, 3.8) is 0 Å². The van der Waals surface area contributed by atoms with Gasteiger partial charge in [0.25, 0.3) is 0 Å². The predicted octanol–water partition coefficient (Wildman–Crippen LogP) is -3.34. The minimum atomic E-state index is -8.38. The second kappa shape index (κ2) is 0.782. The Morgan fingerprint density at radius 1 is 0.571 bits per heavy atom. The van der Waals surface area contributed by atoms with Gasteiger partial charge in [0.15, 0.2) is 0 Å². The van der Waals surface area contributed by atoms with Crippen LogP contribution in [0.25, 0.3) is 0 Å². The summed E-state index contributed by atoms with van der Waals surface area (Å²) in [5, 5.41) is 0. The summed E-state index contributed by atoms with van der Waals surface area (Å²) in [5.41, 5.74) is 0. The van der Waals surface area contributed by atoms with E-state index in [1.807, 2.05) is 0 Å². The fraction of sp³-hybridized carbons (Fsp3) is 0. The van der Waals surface area contributed by atoms with Crippen LogP contribution in [0, 0.1) is 0 Å². The van der Waals surface area contributed by atoms with Crippen molar-refractivity contribution in [1.29, 1.82) is 0 Å². The van der Waals surface area contributed by atoms with E-state index in [1.54, 1.807) is 0 Å². The summed E-state index contributed by atoms with van der Waals surface area (Å²) in [5.74, 6) is 0. The van der Waals surface area contributed by atoms with Crippen LogP contribution in [0.4, 0.5) is 0 Å². The molecule has 6 nitrogen and oxygen atoms in total. The molecule has 7 heavy (non-hydrogen) atoms. The van der Waals surface area contributed by atoms with Gasteiger partial charge in [0.2, 0.25) is 0 Å². The maximum atomic E-state index is 7.44. The van der Waals surface area contributed by atoms with Gasteiger partial charge in [-0.3, -0.25) is 0 Å². The zero-order chi connectivity index (χ0) is 6.41. The quantitative estimate of drug-likeness (QED) is 0.210. The van der Waals surface area contributed by atoms with Crippen molar-refractivity contribution in [2.45, 2.75) is 0 Å². The maximum absolute atomic E-state index is 8.38. The van der Waals surface area contributed by atoms with Gasteiger partial charge in [-0.15, -0.1) is 0 Å². The summed E-state index contributed by atoms with van der Waals surface area (Å²) in [6.45, 7) is 0. The fourth-order valence-corrected chi connectivity index (χ4v) is 0. The molecule has 0 saturated heterocycles. The Bertz CT molecular complexity index is 62.7. The van der Waals surface area contributed by atoms with Crippen LogP contribution in [0.1, 0.15) is 0 Å². The van der Waals surface area contributed by atoms with Crippen molar-refractivity contribution in [3.8, 4) is 0 Å². The fourth-order valence-electron chi connectivity index (χ4n) is 0. The molecule has 0 unspecified atom stereocenters. The van der Waals surface area contributed by atoms with E-state index >= 15 is 0 Å². The Balaban J connectivity index is 4.43. The van der Waals surface area contributed by atoms with Crippen LogP contribution in [0.15, 0.2) is 0 Å². The van der Waals surface area contributed by atoms with Gasteiger partial charge in [0.05, 0.1) is 0 Å². The van der Waals surface area contributed by atoms with Crippen molar-refractivity contribution in [1.82, 2.24) is 0 Å². The van der Waals surface area contributed by atoms with Gasteiger partial charge in [0.1, 0.15) is 0 Å². The summed E-state index contributed by atoms with van der Waals surface area (Å²) in [4.78, 5) is 0. The summed E-state index contributed by atoms with van der Waals surface area (Å²) in [6.07, 6.45) is 0. The van der Waals surface area contributed by atoms with Crippen LogP contribution in [0.3, 0.4) is 0 Å². The third kappa shape index (κ3) is 834. The Hall–Kier alpha value is 0.383. The Morgan fingerprint density at radius 3 is 0.571 bits per heavy atom. The molecule has 6 N–H and O–H groups in total. The monoisotopic (exact) mass is 166 g/mol. The van der Waals surface area contributed by atoms with E-state index in [4.69, 9.17) is 23.6 Å². The molecule has 0 atom stereocenters. The van der Waals surface area contributed by atoms with Gasteiger partial charge >= 0.3 is 38.2 Å². The van der Waals surface area contributed by atoms with E-state index in [1.165, 1.54) is 0 Å².